The highest BCUT2D eigenvalue weighted by Gasteiger charge is 2.69. The van der Waals surface area contributed by atoms with E-state index in [0.717, 1.165) is 0 Å². The van der Waals surface area contributed by atoms with Gasteiger partial charge in [-0.2, -0.15) is 23.3 Å². The number of carbonyl (C=O) groups is 1. The average Bonchev–Trinajstić information content (AvgIpc) is 2.94. The summed E-state index contributed by atoms with van der Waals surface area (Å²) in [4.78, 5) is 12.8. The van der Waals surface area contributed by atoms with Crippen molar-refractivity contribution in [1.29, 1.82) is 0 Å². The summed E-state index contributed by atoms with van der Waals surface area (Å²) in [5.41, 5.74) is -3.31. The monoisotopic (exact) mass is 398 g/mol. The van der Waals surface area contributed by atoms with Gasteiger partial charge >= 0.3 is 6.18 Å². The van der Waals surface area contributed by atoms with Crippen molar-refractivity contribution in [3.8, 4) is 5.75 Å². The first-order chi connectivity index (χ1) is 12.9. The fourth-order valence-electron chi connectivity index (χ4n) is 4.06. The lowest BCUT2D eigenvalue weighted by Gasteiger charge is -2.42. The number of ether oxygens (including phenoxy) is 1. The highest BCUT2D eigenvalue weighted by molar-refractivity contribution is 5.99. The number of amides is 1. The van der Waals surface area contributed by atoms with Crippen LogP contribution in [-0.4, -0.2) is 40.7 Å². The Hall–Kier alpha value is -2.09. The number of halogens is 3. The first-order valence-corrected chi connectivity index (χ1v) is 9.24. The Morgan fingerprint density at radius 3 is 2.36 bits per heavy atom. The minimum Gasteiger partial charge on any atom is -0.497 e. The van der Waals surface area contributed by atoms with E-state index in [-0.39, 0.29) is 34.0 Å². The maximum atomic E-state index is 14.0. The van der Waals surface area contributed by atoms with E-state index in [2.05, 4.69) is 5.10 Å². The molecule has 0 aromatic heterocycles. The smallest absolute Gasteiger partial charge is 0.439 e. The molecular formula is C20H25F3N2O3. The van der Waals surface area contributed by atoms with E-state index in [9.17, 15) is 23.1 Å². The second-order valence-corrected chi connectivity index (χ2v) is 8.55. The van der Waals surface area contributed by atoms with Gasteiger partial charge in [-0.05, 0) is 54.9 Å². The van der Waals surface area contributed by atoms with Crippen molar-refractivity contribution in [2.45, 2.75) is 51.9 Å². The lowest BCUT2D eigenvalue weighted by molar-refractivity contribution is -0.314. The molecule has 28 heavy (non-hydrogen) atoms. The number of hydrazone groups is 1. The molecule has 1 amide bonds. The number of fused-ring (bicyclic) bond motifs is 1. The van der Waals surface area contributed by atoms with E-state index in [0.29, 0.717) is 18.6 Å². The number of alkyl halides is 3. The number of hydrogen-bond acceptors (Lipinski definition) is 4. The number of hydrogen-bond donors (Lipinski definition) is 1. The van der Waals surface area contributed by atoms with Crippen LogP contribution in [0.3, 0.4) is 0 Å². The van der Waals surface area contributed by atoms with Crippen LogP contribution in [0.1, 0.15) is 50.4 Å². The molecule has 1 saturated carbocycles. The largest absolute Gasteiger partial charge is 0.497 e. The van der Waals surface area contributed by atoms with Crippen LogP contribution in [0.4, 0.5) is 13.2 Å². The molecule has 1 aliphatic heterocycles. The molecule has 0 bridgehead atoms. The molecule has 1 aliphatic carbocycles. The summed E-state index contributed by atoms with van der Waals surface area (Å²) < 4.78 is 47.1. The molecule has 1 fully saturated rings. The molecule has 8 heteroatoms. The molecule has 2 aliphatic rings. The van der Waals surface area contributed by atoms with Gasteiger partial charge in [0.2, 0.25) is 0 Å². The normalized spacial score (nSPS) is 28.0. The minimum absolute atomic E-state index is 0.00107. The maximum absolute atomic E-state index is 14.0. The Morgan fingerprint density at radius 1 is 1.25 bits per heavy atom. The standard InChI is InChI=1S/C20H25F3N2O3/c1-18(2,3)13-7-10-16-15(11-13)19(27,20(21,22)23)25(24-16)17(26)12-5-8-14(28-4)9-6-12/h5-6,8-9,13,15,27H,7,10-11H2,1-4H3/t13-,15-,19-/m0/s1. The number of aliphatic hydroxyl groups is 1. The molecule has 1 aromatic carbocycles. The van der Waals surface area contributed by atoms with Gasteiger partial charge in [0.15, 0.2) is 0 Å². The van der Waals surface area contributed by atoms with Crippen LogP contribution in [-0.2, 0) is 0 Å². The Bertz CT molecular complexity index is 783. The van der Waals surface area contributed by atoms with Gasteiger partial charge in [-0.25, -0.2) is 0 Å². The Kier molecular flexibility index (Phi) is 4.98. The molecular weight excluding hydrogens is 373 g/mol. The second-order valence-electron chi connectivity index (χ2n) is 8.55. The predicted molar refractivity (Wildman–Crippen MR) is 97.9 cm³/mol. The summed E-state index contributed by atoms with van der Waals surface area (Å²) in [6.45, 7) is 5.92. The lowest BCUT2D eigenvalue weighted by atomic mass is 9.66. The number of methoxy groups -OCH3 is 1. The predicted octanol–water partition coefficient (Wildman–Crippen LogP) is 4.22. The van der Waals surface area contributed by atoms with Gasteiger partial charge in [0.05, 0.1) is 13.0 Å². The molecule has 3 atom stereocenters. The van der Waals surface area contributed by atoms with Crippen LogP contribution in [0, 0.1) is 17.3 Å². The van der Waals surface area contributed by atoms with E-state index < -0.39 is 23.7 Å². The topological polar surface area (TPSA) is 62.1 Å². The van der Waals surface area contributed by atoms with Crippen molar-refractivity contribution < 1.29 is 27.8 Å². The zero-order chi connectivity index (χ0) is 20.9. The molecule has 0 unspecified atom stereocenters. The molecule has 0 spiro atoms. The van der Waals surface area contributed by atoms with Crippen LogP contribution in [0.2, 0.25) is 0 Å². The third-order valence-electron chi connectivity index (χ3n) is 5.88. The summed E-state index contributed by atoms with van der Waals surface area (Å²) in [7, 11) is 1.45. The Balaban J connectivity index is 1.99. The van der Waals surface area contributed by atoms with Crippen molar-refractivity contribution >= 4 is 11.6 Å². The van der Waals surface area contributed by atoms with Gasteiger partial charge in [-0.15, -0.1) is 0 Å². The molecule has 3 rings (SSSR count). The average molecular weight is 398 g/mol. The van der Waals surface area contributed by atoms with Crippen molar-refractivity contribution in [2.24, 2.45) is 22.4 Å². The Labute approximate surface area is 162 Å². The van der Waals surface area contributed by atoms with Crippen molar-refractivity contribution in [1.82, 2.24) is 5.01 Å². The number of benzene rings is 1. The van der Waals surface area contributed by atoms with Crippen LogP contribution in [0.25, 0.3) is 0 Å². The zero-order valence-corrected chi connectivity index (χ0v) is 16.4. The maximum Gasteiger partial charge on any atom is 0.439 e. The van der Waals surface area contributed by atoms with Crippen LogP contribution < -0.4 is 4.74 Å². The molecule has 5 nitrogen and oxygen atoms in total. The van der Waals surface area contributed by atoms with Gasteiger partial charge in [-0.3, -0.25) is 4.79 Å². The first kappa shape index (κ1) is 20.6. The van der Waals surface area contributed by atoms with Gasteiger partial charge < -0.3 is 9.84 Å². The van der Waals surface area contributed by atoms with E-state index in [1.807, 2.05) is 20.8 Å². The number of carbonyl (C=O) groups excluding carboxylic acids is 1. The van der Waals surface area contributed by atoms with Crippen molar-refractivity contribution in [3.63, 3.8) is 0 Å². The van der Waals surface area contributed by atoms with Gasteiger partial charge in [0, 0.05) is 11.3 Å². The number of nitrogens with zero attached hydrogens (tertiary/aromatic N) is 2. The molecule has 0 radical (unpaired) electrons. The van der Waals surface area contributed by atoms with Crippen LogP contribution in [0.5, 0.6) is 5.75 Å². The first-order valence-electron chi connectivity index (χ1n) is 9.24. The van der Waals surface area contributed by atoms with E-state index in [4.69, 9.17) is 4.74 Å². The van der Waals surface area contributed by atoms with Gasteiger partial charge in [-0.1, -0.05) is 20.8 Å². The zero-order valence-electron chi connectivity index (χ0n) is 16.4. The third-order valence-corrected chi connectivity index (χ3v) is 5.88. The van der Waals surface area contributed by atoms with Crippen LogP contribution >= 0.6 is 0 Å². The molecule has 1 heterocycles. The highest BCUT2D eigenvalue weighted by Crippen LogP contribution is 2.52. The van der Waals surface area contributed by atoms with E-state index in [1.165, 1.54) is 31.4 Å². The molecule has 1 aromatic rings. The fourth-order valence-corrected chi connectivity index (χ4v) is 4.06. The third kappa shape index (κ3) is 3.27. The second kappa shape index (κ2) is 6.76. The lowest BCUT2D eigenvalue weighted by Crippen LogP contribution is -2.62. The van der Waals surface area contributed by atoms with Crippen molar-refractivity contribution in [3.05, 3.63) is 29.8 Å². The molecule has 1 N–H and O–H groups in total. The highest BCUT2D eigenvalue weighted by atomic mass is 19.4. The fraction of sp³-hybridized carbons (Fsp3) is 0.600. The van der Waals surface area contributed by atoms with Crippen molar-refractivity contribution in [2.75, 3.05) is 7.11 Å². The summed E-state index contributed by atoms with van der Waals surface area (Å²) in [6.07, 6.45) is -3.90. The van der Waals surface area contributed by atoms with E-state index >= 15 is 0 Å². The summed E-state index contributed by atoms with van der Waals surface area (Å²) in [5.74, 6) is -1.79. The quantitative estimate of drug-likeness (QED) is 0.811. The summed E-state index contributed by atoms with van der Waals surface area (Å²) >= 11 is 0. The molecule has 0 saturated heterocycles. The van der Waals surface area contributed by atoms with Gasteiger partial charge in [0.25, 0.3) is 11.6 Å². The van der Waals surface area contributed by atoms with E-state index in [1.54, 1.807) is 0 Å². The SMILES string of the molecule is COc1ccc(C(=O)N2N=C3CC[C@H](C(C)(C)C)C[C@@H]3[C@]2(O)C(F)(F)F)cc1. The number of rotatable bonds is 2. The molecule has 154 valence electrons. The summed E-state index contributed by atoms with van der Waals surface area (Å²) in [5, 5.41) is 15.0. The Morgan fingerprint density at radius 2 is 1.86 bits per heavy atom. The summed E-state index contributed by atoms with van der Waals surface area (Å²) in [6, 6.07) is 5.67. The van der Waals surface area contributed by atoms with Crippen LogP contribution in [0.15, 0.2) is 29.4 Å². The van der Waals surface area contributed by atoms with Gasteiger partial charge in [0.1, 0.15) is 5.75 Å². The minimum atomic E-state index is -5.04.